The van der Waals surface area contributed by atoms with Gasteiger partial charge in [-0.3, -0.25) is 4.98 Å². The van der Waals surface area contributed by atoms with Crippen molar-refractivity contribution in [2.75, 3.05) is 17.7 Å². The molecule has 0 radical (unpaired) electrons. The average Bonchev–Trinajstić information content (AvgIpc) is 3.36. The molecule has 0 atom stereocenters. The first-order valence-corrected chi connectivity index (χ1v) is 10.6. The van der Waals surface area contributed by atoms with Gasteiger partial charge in [0, 0.05) is 29.8 Å². The Kier molecular flexibility index (Phi) is 7.09. The average molecular weight is 514 g/mol. The second-order valence-electron chi connectivity index (χ2n) is 7.57. The molecule has 2 heterocycles. The lowest BCUT2D eigenvalue weighted by Crippen LogP contribution is -2.20. The maximum atomic E-state index is 13.4. The summed E-state index contributed by atoms with van der Waals surface area (Å²) in [4.78, 5) is 31.0. The normalized spacial score (nSPS) is 11.1. The van der Waals surface area contributed by atoms with Gasteiger partial charge in [-0.2, -0.15) is 13.2 Å². The maximum Gasteiger partial charge on any atom is 0.419 e. The number of carbonyl (C=O) groups is 2. The van der Waals surface area contributed by atoms with Crippen molar-refractivity contribution in [1.29, 1.82) is 0 Å². The molecule has 12 heteroatoms. The molecular weight excluding hydrogens is 496 g/mol. The number of halogens is 4. The molecule has 0 saturated heterocycles. The number of nitrogens with one attached hydrogen (secondary N) is 3. The van der Waals surface area contributed by atoms with Crippen LogP contribution < -0.4 is 15.4 Å². The smallest absolute Gasteiger partial charge is 0.419 e. The van der Waals surface area contributed by atoms with Crippen molar-refractivity contribution in [1.82, 2.24) is 9.97 Å². The van der Waals surface area contributed by atoms with E-state index in [1.165, 1.54) is 31.6 Å². The number of hydrogen-bond donors (Lipinski definition) is 3. The summed E-state index contributed by atoms with van der Waals surface area (Å²) in [6.45, 7) is 0. The van der Waals surface area contributed by atoms with Crippen molar-refractivity contribution in [2.24, 2.45) is 0 Å². The molecule has 0 aliphatic rings. The number of aromatic nitrogens is 2. The van der Waals surface area contributed by atoms with Gasteiger partial charge in [-0.1, -0.05) is 0 Å². The number of alkyl halides is 3. The highest BCUT2D eigenvalue weighted by Gasteiger charge is 2.34. The van der Waals surface area contributed by atoms with Crippen LogP contribution >= 0.6 is 0 Å². The molecule has 0 unspecified atom stereocenters. The van der Waals surface area contributed by atoms with Crippen LogP contribution in [0, 0.1) is 5.82 Å². The molecule has 37 heavy (non-hydrogen) atoms. The Hall–Kier alpha value is -4.87. The Morgan fingerprint density at radius 3 is 2.32 bits per heavy atom. The maximum absolute atomic E-state index is 13.4. The van der Waals surface area contributed by atoms with Crippen LogP contribution in [0.1, 0.15) is 15.9 Å². The summed E-state index contributed by atoms with van der Waals surface area (Å²) in [7, 11) is 1.29. The molecule has 0 saturated carbocycles. The predicted molar refractivity (Wildman–Crippen MR) is 126 cm³/mol. The first-order valence-electron chi connectivity index (χ1n) is 10.6. The van der Waals surface area contributed by atoms with Gasteiger partial charge in [0.05, 0.1) is 29.6 Å². The van der Waals surface area contributed by atoms with Gasteiger partial charge in [-0.25, -0.2) is 14.0 Å². The molecule has 0 fully saturated rings. The van der Waals surface area contributed by atoms with E-state index >= 15 is 0 Å². The first kappa shape index (κ1) is 25.2. The number of H-pyrrole nitrogens is 1. The number of esters is 1. The number of pyridine rings is 1. The summed E-state index contributed by atoms with van der Waals surface area (Å²) in [6.07, 6.45) is -1.86. The highest BCUT2D eigenvalue weighted by Crippen LogP contribution is 2.33. The van der Waals surface area contributed by atoms with Gasteiger partial charge in [-0.15, -0.1) is 0 Å². The minimum Gasteiger partial charge on any atom is -0.465 e. The largest absolute Gasteiger partial charge is 0.465 e. The van der Waals surface area contributed by atoms with Crippen molar-refractivity contribution < 1.29 is 36.6 Å². The van der Waals surface area contributed by atoms with E-state index in [0.29, 0.717) is 46.3 Å². The van der Waals surface area contributed by atoms with Crippen molar-refractivity contribution >= 4 is 23.4 Å². The number of amides is 2. The molecule has 0 spiro atoms. The van der Waals surface area contributed by atoms with Crippen LogP contribution in [-0.2, 0) is 10.9 Å². The van der Waals surface area contributed by atoms with E-state index in [1.54, 1.807) is 30.3 Å². The summed E-state index contributed by atoms with van der Waals surface area (Å²) in [5.74, 6) is -1.04. The number of rotatable bonds is 6. The monoisotopic (exact) mass is 514 g/mol. The molecule has 0 aliphatic heterocycles. The van der Waals surface area contributed by atoms with E-state index in [9.17, 15) is 27.2 Å². The molecular formula is C25H18F4N4O4. The topological polar surface area (TPSA) is 105 Å². The molecule has 2 aromatic heterocycles. The Balaban J connectivity index is 1.38. The summed E-state index contributed by atoms with van der Waals surface area (Å²) >= 11 is 0. The molecule has 0 aliphatic carbocycles. The number of ether oxygens (including phenoxy) is 2. The van der Waals surface area contributed by atoms with Crippen molar-refractivity contribution in [3.63, 3.8) is 0 Å². The standard InChI is InChI=1S/C25H18F4N4O4/c1-36-23(34)14-10-21(31-13-14)22-12-18(8-9-30-22)37-17-5-2-15(3-6-17)32-24(35)33-16-4-7-20(26)19(11-16)25(27,28)29/h2-13,31H,1H3,(H2,32,33,35). The van der Waals surface area contributed by atoms with Crippen LogP contribution in [0.25, 0.3) is 11.4 Å². The van der Waals surface area contributed by atoms with Crippen molar-refractivity contribution in [3.8, 4) is 22.9 Å². The Morgan fingerprint density at radius 2 is 1.62 bits per heavy atom. The molecule has 2 amide bonds. The van der Waals surface area contributed by atoms with Gasteiger partial charge in [0.15, 0.2) is 0 Å². The first-order chi connectivity index (χ1) is 17.6. The van der Waals surface area contributed by atoms with Crippen LogP contribution in [0.15, 0.2) is 73.1 Å². The second kappa shape index (κ2) is 10.4. The van der Waals surface area contributed by atoms with Crippen molar-refractivity contribution in [2.45, 2.75) is 6.18 Å². The summed E-state index contributed by atoms with van der Waals surface area (Å²) in [5.41, 5.74) is 0.0850. The minimum absolute atomic E-state index is 0.222. The highest BCUT2D eigenvalue weighted by atomic mass is 19.4. The fourth-order valence-electron chi connectivity index (χ4n) is 3.26. The molecule has 4 aromatic rings. The zero-order valence-corrected chi connectivity index (χ0v) is 19.0. The quantitative estimate of drug-likeness (QED) is 0.202. The third-order valence-electron chi connectivity index (χ3n) is 4.99. The van der Waals surface area contributed by atoms with Crippen LogP contribution in [0.5, 0.6) is 11.5 Å². The van der Waals surface area contributed by atoms with E-state index < -0.39 is 29.6 Å². The van der Waals surface area contributed by atoms with Crippen LogP contribution in [-0.4, -0.2) is 29.1 Å². The zero-order chi connectivity index (χ0) is 26.6. The molecule has 0 bridgehead atoms. The van der Waals surface area contributed by atoms with Crippen LogP contribution in [0.4, 0.5) is 33.7 Å². The SMILES string of the molecule is COC(=O)c1c[nH]c(-c2cc(Oc3ccc(NC(=O)Nc4ccc(F)c(C(F)(F)F)c4)cc3)ccn2)c1. The summed E-state index contributed by atoms with van der Waals surface area (Å²) in [5, 5.41) is 4.70. The lowest BCUT2D eigenvalue weighted by Gasteiger charge is -2.12. The summed E-state index contributed by atoms with van der Waals surface area (Å²) in [6, 6.07) is 12.4. The lowest BCUT2D eigenvalue weighted by molar-refractivity contribution is -0.139. The number of urea groups is 1. The second-order valence-corrected chi connectivity index (χ2v) is 7.57. The molecule has 2 aromatic carbocycles. The summed E-state index contributed by atoms with van der Waals surface area (Å²) < 4.78 is 62.5. The van der Waals surface area contributed by atoms with Gasteiger partial charge in [0.2, 0.25) is 0 Å². The molecule has 190 valence electrons. The van der Waals surface area contributed by atoms with Gasteiger partial charge >= 0.3 is 18.2 Å². The Labute approximate surface area is 207 Å². The third-order valence-corrected chi connectivity index (χ3v) is 4.99. The lowest BCUT2D eigenvalue weighted by atomic mass is 10.2. The van der Waals surface area contributed by atoms with E-state index in [-0.39, 0.29) is 5.69 Å². The number of anilines is 2. The zero-order valence-electron chi connectivity index (χ0n) is 19.0. The number of benzene rings is 2. The van der Waals surface area contributed by atoms with E-state index in [0.717, 1.165) is 6.07 Å². The van der Waals surface area contributed by atoms with Crippen LogP contribution in [0.3, 0.4) is 0 Å². The van der Waals surface area contributed by atoms with Crippen LogP contribution in [0.2, 0.25) is 0 Å². The number of methoxy groups -OCH3 is 1. The number of hydrogen-bond acceptors (Lipinski definition) is 5. The molecule has 4 rings (SSSR count). The van der Waals surface area contributed by atoms with E-state index in [4.69, 9.17) is 4.74 Å². The number of aromatic amines is 1. The van der Waals surface area contributed by atoms with Gasteiger partial charge in [-0.05, 0) is 54.6 Å². The van der Waals surface area contributed by atoms with E-state index in [1.807, 2.05) is 0 Å². The van der Waals surface area contributed by atoms with Gasteiger partial charge in [0.25, 0.3) is 0 Å². The Morgan fingerprint density at radius 1 is 0.919 bits per heavy atom. The number of carbonyl (C=O) groups excluding carboxylic acids is 2. The van der Waals surface area contributed by atoms with Gasteiger partial charge < -0.3 is 25.1 Å². The third kappa shape index (κ3) is 6.23. The number of nitrogens with zero attached hydrogens (tertiary/aromatic N) is 1. The Bertz CT molecular complexity index is 1440. The highest BCUT2D eigenvalue weighted by molar-refractivity contribution is 5.99. The minimum atomic E-state index is -4.89. The molecule has 3 N–H and O–H groups in total. The molecule has 8 nitrogen and oxygen atoms in total. The predicted octanol–water partition coefficient (Wildman–Crippen LogP) is 6.46. The van der Waals surface area contributed by atoms with E-state index in [2.05, 4.69) is 25.3 Å². The van der Waals surface area contributed by atoms with Crippen molar-refractivity contribution in [3.05, 3.63) is 90.0 Å². The van der Waals surface area contributed by atoms with Gasteiger partial charge in [0.1, 0.15) is 17.3 Å². The fraction of sp³-hybridized carbons (Fsp3) is 0.0800. The fourth-order valence-corrected chi connectivity index (χ4v) is 3.26.